The maximum absolute atomic E-state index is 12.4. The molecule has 0 bridgehead atoms. The second-order valence-electron chi connectivity index (χ2n) is 6.92. The lowest BCUT2D eigenvalue weighted by Crippen LogP contribution is -2.45. The zero-order valence-corrected chi connectivity index (χ0v) is 14.7. The predicted molar refractivity (Wildman–Crippen MR) is 86.3 cm³/mol. The van der Waals surface area contributed by atoms with Gasteiger partial charge in [0.15, 0.2) is 0 Å². The van der Waals surface area contributed by atoms with Crippen LogP contribution in [-0.4, -0.2) is 18.6 Å². The number of hydrogen-bond acceptors (Lipinski definition) is 2. The molecule has 0 spiro atoms. The van der Waals surface area contributed by atoms with Crippen LogP contribution < -0.4 is 10.1 Å². The van der Waals surface area contributed by atoms with E-state index in [1.165, 1.54) is 0 Å². The van der Waals surface area contributed by atoms with E-state index in [0.29, 0.717) is 11.3 Å². The van der Waals surface area contributed by atoms with Crippen LogP contribution in [-0.2, 0) is 0 Å². The number of amides is 1. The Labute approximate surface area is 130 Å². The highest BCUT2D eigenvalue weighted by atomic mass is 79.9. The maximum atomic E-state index is 12.4. The normalized spacial score (nSPS) is 12.2. The lowest BCUT2D eigenvalue weighted by Gasteiger charge is -2.33. The van der Waals surface area contributed by atoms with Crippen molar-refractivity contribution in [3.8, 4) is 5.75 Å². The van der Waals surface area contributed by atoms with Gasteiger partial charge in [0.1, 0.15) is 5.75 Å². The molecule has 0 saturated heterocycles. The fourth-order valence-corrected chi connectivity index (χ4v) is 2.98. The predicted octanol–water partition coefficient (Wildman–Crippen LogP) is 4.40. The highest BCUT2D eigenvalue weighted by Gasteiger charge is 2.28. The smallest absolute Gasteiger partial charge is 0.252 e. The quantitative estimate of drug-likeness (QED) is 0.881. The molecule has 0 saturated carbocycles. The van der Waals surface area contributed by atoms with Crippen molar-refractivity contribution in [2.24, 2.45) is 5.41 Å². The molecule has 0 atom stereocenters. The second-order valence-corrected chi connectivity index (χ2v) is 7.78. The summed E-state index contributed by atoms with van der Waals surface area (Å²) in [6.45, 7) is 10.6. The zero-order chi connectivity index (χ0) is 15.6. The van der Waals surface area contributed by atoms with Crippen molar-refractivity contribution in [1.29, 1.82) is 0 Å². The average molecular weight is 342 g/mol. The first kappa shape index (κ1) is 17.0. The van der Waals surface area contributed by atoms with Crippen LogP contribution in [0.4, 0.5) is 0 Å². The third kappa shape index (κ3) is 5.16. The Hall–Kier alpha value is -1.03. The average Bonchev–Trinajstić information content (AvgIpc) is 2.25. The molecule has 0 radical (unpaired) electrons. The molecule has 112 valence electrons. The SMILES string of the molecule is COc1ccc(Br)c(C(=O)NC(C)(C)CC(C)(C)C)c1. The van der Waals surface area contributed by atoms with Crippen LogP contribution in [0.5, 0.6) is 5.75 Å². The van der Waals surface area contributed by atoms with Gasteiger partial charge in [-0.25, -0.2) is 0 Å². The van der Waals surface area contributed by atoms with Crippen LogP contribution in [0.25, 0.3) is 0 Å². The molecule has 0 fully saturated rings. The molecule has 0 unspecified atom stereocenters. The summed E-state index contributed by atoms with van der Waals surface area (Å²) in [5.74, 6) is 0.581. The van der Waals surface area contributed by atoms with Gasteiger partial charge in [0, 0.05) is 10.0 Å². The number of nitrogens with one attached hydrogen (secondary N) is 1. The Bertz CT molecular complexity index is 490. The van der Waals surface area contributed by atoms with E-state index < -0.39 is 0 Å². The van der Waals surface area contributed by atoms with Crippen LogP contribution >= 0.6 is 15.9 Å². The molecule has 0 aliphatic carbocycles. The van der Waals surface area contributed by atoms with Crippen LogP contribution in [0.2, 0.25) is 0 Å². The first-order valence-corrected chi connectivity index (χ1v) is 7.49. The lowest BCUT2D eigenvalue weighted by molar-refractivity contribution is 0.0890. The molecular formula is C16H24BrNO2. The Balaban J connectivity index is 2.91. The number of rotatable bonds is 4. The molecule has 1 rings (SSSR count). The van der Waals surface area contributed by atoms with E-state index in [4.69, 9.17) is 4.74 Å². The Morgan fingerprint density at radius 3 is 2.35 bits per heavy atom. The number of halogens is 1. The molecule has 0 aliphatic rings. The van der Waals surface area contributed by atoms with Gasteiger partial charge in [-0.3, -0.25) is 4.79 Å². The van der Waals surface area contributed by atoms with Gasteiger partial charge in [0.25, 0.3) is 5.91 Å². The Morgan fingerprint density at radius 2 is 1.85 bits per heavy atom. The molecule has 1 aromatic carbocycles. The summed E-state index contributed by atoms with van der Waals surface area (Å²) < 4.78 is 5.94. The van der Waals surface area contributed by atoms with E-state index in [0.717, 1.165) is 10.9 Å². The fraction of sp³-hybridized carbons (Fsp3) is 0.562. The summed E-state index contributed by atoms with van der Waals surface area (Å²) in [6, 6.07) is 5.39. The molecule has 4 heteroatoms. The molecule has 1 N–H and O–H groups in total. The van der Waals surface area contributed by atoms with E-state index >= 15 is 0 Å². The van der Waals surface area contributed by atoms with E-state index in [-0.39, 0.29) is 16.9 Å². The highest BCUT2D eigenvalue weighted by Crippen LogP contribution is 2.28. The standard InChI is InChI=1S/C16H24BrNO2/c1-15(2,3)10-16(4,5)18-14(19)12-9-11(20-6)7-8-13(12)17/h7-9H,10H2,1-6H3,(H,18,19). The van der Waals surface area contributed by atoms with Crippen LogP contribution in [0, 0.1) is 5.41 Å². The third-order valence-electron chi connectivity index (χ3n) is 2.84. The molecule has 1 aromatic rings. The minimum atomic E-state index is -0.266. The number of ether oxygens (including phenoxy) is 1. The maximum Gasteiger partial charge on any atom is 0.252 e. The van der Waals surface area contributed by atoms with Crippen molar-refractivity contribution in [2.45, 2.75) is 46.6 Å². The van der Waals surface area contributed by atoms with Crippen LogP contribution in [0.3, 0.4) is 0 Å². The van der Waals surface area contributed by atoms with E-state index in [1.807, 2.05) is 26.0 Å². The van der Waals surface area contributed by atoms with Crippen molar-refractivity contribution in [3.05, 3.63) is 28.2 Å². The van der Waals surface area contributed by atoms with Gasteiger partial charge in [-0.1, -0.05) is 20.8 Å². The van der Waals surface area contributed by atoms with Crippen molar-refractivity contribution in [3.63, 3.8) is 0 Å². The van der Waals surface area contributed by atoms with Gasteiger partial charge in [-0.05, 0) is 59.8 Å². The molecule has 1 amide bonds. The van der Waals surface area contributed by atoms with Crippen molar-refractivity contribution in [2.75, 3.05) is 7.11 Å². The van der Waals surface area contributed by atoms with E-state index in [2.05, 4.69) is 42.0 Å². The number of methoxy groups -OCH3 is 1. The molecule has 0 aliphatic heterocycles. The van der Waals surface area contributed by atoms with Crippen LogP contribution in [0.15, 0.2) is 22.7 Å². The molecule has 3 nitrogen and oxygen atoms in total. The molecular weight excluding hydrogens is 318 g/mol. The first-order valence-electron chi connectivity index (χ1n) is 6.70. The van der Waals surface area contributed by atoms with E-state index in [1.54, 1.807) is 13.2 Å². The van der Waals surface area contributed by atoms with Crippen molar-refractivity contribution >= 4 is 21.8 Å². The lowest BCUT2D eigenvalue weighted by atomic mass is 9.81. The Morgan fingerprint density at radius 1 is 1.25 bits per heavy atom. The zero-order valence-electron chi connectivity index (χ0n) is 13.1. The van der Waals surface area contributed by atoms with Crippen LogP contribution in [0.1, 0.15) is 51.4 Å². The topological polar surface area (TPSA) is 38.3 Å². The number of hydrogen-bond donors (Lipinski definition) is 1. The van der Waals surface area contributed by atoms with Gasteiger partial charge >= 0.3 is 0 Å². The van der Waals surface area contributed by atoms with E-state index in [9.17, 15) is 4.79 Å². The van der Waals surface area contributed by atoms with Gasteiger partial charge in [-0.2, -0.15) is 0 Å². The summed E-state index contributed by atoms with van der Waals surface area (Å²) in [5, 5.41) is 3.10. The van der Waals surface area contributed by atoms with Gasteiger partial charge in [0.2, 0.25) is 0 Å². The van der Waals surface area contributed by atoms with Gasteiger partial charge in [-0.15, -0.1) is 0 Å². The summed E-state index contributed by atoms with van der Waals surface area (Å²) in [7, 11) is 1.59. The van der Waals surface area contributed by atoms with Gasteiger partial charge < -0.3 is 10.1 Å². The third-order valence-corrected chi connectivity index (χ3v) is 3.53. The highest BCUT2D eigenvalue weighted by molar-refractivity contribution is 9.10. The Kier molecular flexibility index (Phi) is 5.25. The monoisotopic (exact) mass is 341 g/mol. The number of benzene rings is 1. The summed E-state index contributed by atoms with van der Waals surface area (Å²) >= 11 is 3.41. The fourth-order valence-electron chi connectivity index (χ4n) is 2.55. The number of carbonyl (C=O) groups excluding carboxylic acids is 1. The second kappa shape index (κ2) is 6.17. The molecule has 20 heavy (non-hydrogen) atoms. The largest absolute Gasteiger partial charge is 0.497 e. The molecule has 0 aromatic heterocycles. The summed E-state index contributed by atoms with van der Waals surface area (Å²) in [6.07, 6.45) is 0.896. The van der Waals surface area contributed by atoms with Crippen molar-refractivity contribution < 1.29 is 9.53 Å². The summed E-state index contributed by atoms with van der Waals surface area (Å²) in [4.78, 5) is 12.4. The van der Waals surface area contributed by atoms with Gasteiger partial charge in [0.05, 0.1) is 12.7 Å². The minimum absolute atomic E-state index is 0.0926. The summed E-state index contributed by atoms with van der Waals surface area (Å²) in [5.41, 5.74) is 0.478. The minimum Gasteiger partial charge on any atom is -0.497 e. The molecule has 0 heterocycles. The first-order chi connectivity index (χ1) is 9.04. The number of carbonyl (C=O) groups is 1. The van der Waals surface area contributed by atoms with Crippen molar-refractivity contribution in [1.82, 2.24) is 5.32 Å².